The van der Waals surface area contributed by atoms with Gasteiger partial charge in [-0.3, -0.25) is 4.90 Å². The SMILES string of the molecule is c1ccc2c(c1)NCC2N1CCCCC1. The van der Waals surface area contributed by atoms with Crippen LogP contribution in [0.2, 0.25) is 0 Å². The number of nitrogens with zero attached hydrogens (tertiary/aromatic N) is 1. The van der Waals surface area contributed by atoms with Crippen molar-refractivity contribution in [1.82, 2.24) is 4.90 Å². The zero-order valence-electron chi connectivity index (χ0n) is 9.08. The summed E-state index contributed by atoms with van der Waals surface area (Å²) >= 11 is 0. The van der Waals surface area contributed by atoms with Gasteiger partial charge in [0.1, 0.15) is 0 Å². The normalized spacial score (nSPS) is 26.0. The highest BCUT2D eigenvalue weighted by Gasteiger charge is 2.27. The number of rotatable bonds is 1. The molecule has 0 amide bonds. The number of hydrogen-bond donors (Lipinski definition) is 1. The van der Waals surface area contributed by atoms with Gasteiger partial charge in [-0.25, -0.2) is 0 Å². The molecule has 1 aromatic carbocycles. The molecule has 0 saturated carbocycles. The molecule has 2 aliphatic heterocycles. The summed E-state index contributed by atoms with van der Waals surface area (Å²) in [7, 11) is 0. The smallest absolute Gasteiger partial charge is 0.0541 e. The fraction of sp³-hybridized carbons (Fsp3) is 0.538. The molecule has 2 heterocycles. The van der Waals surface area contributed by atoms with Crippen LogP contribution in [0, 0.1) is 0 Å². The van der Waals surface area contributed by atoms with Gasteiger partial charge in [-0.1, -0.05) is 24.6 Å². The molecule has 2 heteroatoms. The predicted molar refractivity (Wildman–Crippen MR) is 63.1 cm³/mol. The Morgan fingerprint density at radius 3 is 2.73 bits per heavy atom. The number of piperidine rings is 1. The number of nitrogens with one attached hydrogen (secondary N) is 1. The Balaban J connectivity index is 1.83. The van der Waals surface area contributed by atoms with E-state index in [1.54, 1.807) is 0 Å². The second kappa shape index (κ2) is 3.86. The second-order valence-corrected chi connectivity index (χ2v) is 4.58. The van der Waals surface area contributed by atoms with Gasteiger partial charge >= 0.3 is 0 Å². The molecule has 3 rings (SSSR count). The van der Waals surface area contributed by atoms with Gasteiger partial charge in [-0.2, -0.15) is 0 Å². The van der Waals surface area contributed by atoms with E-state index in [0.29, 0.717) is 6.04 Å². The van der Waals surface area contributed by atoms with Crippen LogP contribution in [0.5, 0.6) is 0 Å². The van der Waals surface area contributed by atoms with E-state index in [4.69, 9.17) is 0 Å². The van der Waals surface area contributed by atoms with Crippen LogP contribution in [0.25, 0.3) is 0 Å². The number of fused-ring (bicyclic) bond motifs is 1. The van der Waals surface area contributed by atoms with Crippen LogP contribution in [-0.2, 0) is 0 Å². The molecule has 0 aliphatic carbocycles. The van der Waals surface area contributed by atoms with E-state index in [-0.39, 0.29) is 0 Å². The second-order valence-electron chi connectivity index (χ2n) is 4.58. The number of anilines is 1. The van der Waals surface area contributed by atoms with E-state index in [9.17, 15) is 0 Å². The van der Waals surface area contributed by atoms with E-state index in [0.717, 1.165) is 6.54 Å². The summed E-state index contributed by atoms with van der Waals surface area (Å²) in [6.07, 6.45) is 4.16. The van der Waals surface area contributed by atoms with Crippen molar-refractivity contribution in [2.45, 2.75) is 25.3 Å². The summed E-state index contributed by atoms with van der Waals surface area (Å²) in [5, 5.41) is 3.51. The lowest BCUT2D eigenvalue weighted by molar-refractivity contribution is 0.175. The molecule has 0 bridgehead atoms. The average Bonchev–Trinajstić information content (AvgIpc) is 2.74. The first-order valence-corrected chi connectivity index (χ1v) is 6.02. The van der Waals surface area contributed by atoms with E-state index in [2.05, 4.69) is 34.5 Å². The van der Waals surface area contributed by atoms with E-state index >= 15 is 0 Å². The Morgan fingerprint density at radius 2 is 1.87 bits per heavy atom. The van der Waals surface area contributed by atoms with Crippen LogP contribution in [0.15, 0.2) is 24.3 Å². The third-order valence-electron chi connectivity index (χ3n) is 3.64. The number of likely N-dealkylation sites (tertiary alicyclic amines) is 1. The monoisotopic (exact) mass is 202 g/mol. The third-order valence-corrected chi connectivity index (χ3v) is 3.64. The van der Waals surface area contributed by atoms with E-state index in [1.807, 2.05) is 0 Å². The first-order valence-electron chi connectivity index (χ1n) is 6.02. The van der Waals surface area contributed by atoms with Crippen LogP contribution in [-0.4, -0.2) is 24.5 Å². The zero-order chi connectivity index (χ0) is 10.1. The fourth-order valence-electron chi connectivity index (χ4n) is 2.82. The number of para-hydroxylation sites is 1. The molecule has 0 radical (unpaired) electrons. The Morgan fingerprint density at radius 1 is 1.07 bits per heavy atom. The van der Waals surface area contributed by atoms with Gasteiger partial charge < -0.3 is 5.32 Å². The van der Waals surface area contributed by atoms with Crippen LogP contribution in [0.4, 0.5) is 5.69 Å². The molecule has 1 fully saturated rings. The van der Waals surface area contributed by atoms with Crippen molar-refractivity contribution in [1.29, 1.82) is 0 Å². The van der Waals surface area contributed by atoms with E-state index in [1.165, 1.54) is 43.6 Å². The standard InChI is InChI=1S/C13H18N2/c1-4-8-15(9-5-1)13-10-14-12-7-3-2-6-11(12)13/h2-3,6-7,13-14H,1,4-5,8-10H2. The maximum Gasteiger partial charge on any atom is 0.0541 e. The van der Waals surface area contributed by atoms with Crippen molar-refractivity contribution in [3.63, 3.8) is 0 Å². The van der Waals surface area contributed by atoms with Crippen molar-refractivity contribution in [3.8, 4) is 0 Å². The predicted octanol–water partition coefficient (Wildman–Crippen LogP) is 2.64. The summed E-state index contributed by atoms with van der Waals surface area (Å²) in [4.78, 5) is 2.64. The first kappa shape index (κ1) is 9.22. The van der Waals surface area contributed by atoms with Gasteiger partial charge in [0.05, 0.1) is 6.04 Å². The molecule has 1 N–H and O–H groups in total. The van der Waals surface area contributed by atoms with Gasteiger partial charge in [-0.05, 0) is 37.6 Å². The molecule has 1 unspecified atom stereocenters. The molecule has 1 saturated heterocycles. The van der Waals surface area contributed by atoms with Crippen molar-refractivity contribution in [2.75, 3.05) is 25.0 Å². The molecule has 80 valence electrons. The molecule has 1 atom stereocenters. The van der Waals surface area contributed by atoms with Crippen LogP contribution >= 0.6 is 0 Å². The minimum absolute atomic E-state index is 0.626. The summed E-state index contributed by atoms with van der Waals surface area (Å²) in [5.41, 5.74) is 2.84. The van der Waals surface area contributed by atoms with Gasteiger partial charge in [0.25, 0.3) is 0 Å². The number of benzene rings is 1. The lowest BCUT2D eigenvalue weighted by atomic mass is 10.0. The summed E-state index contributed by atoms with van der Waals surface area (Å²) < 4.78 is 0. The molecule has 2 aliphatic rings. The Bertz CT molecular complexity index is 342. The summed E-state index contributed by atoms with van der Waals surface area (Å²) in [5.74, 6) is 0. The maximum absolute atomic E-state index is 3.51. The molecular formula is C13H18N2. The minimum atomic E-state index is 0.626. The summed E-state index contributed by atoms with van der Waals surface area (Å²) in [6.45, 7) is 3.65. The van der Waals surface area contributed by atoms with Crippen molar-refractivity contribution in [2.24, 2.45) is 0 Å². The van der Waals surface area contributed by atoms with Gasteiger partial charge in [-0.15, -0.1) is 0 Å². The highest BCUT2D eigenvalue weighted by molar-refractivity contribution is 5.57. The maximum atomic E-state index is 3.51. The van der Waals surface area contributed by atoms with Crippen LogP contribution in [0.3, 0.4) is 0 Å². The third kappa shape index (κ3) is 1.63. The number of hydrogen-bond acceptors (Lipinski definition) is 2. The molecule has 1 aromatic rings. The van der Waals surface area contributed by atoms with Crippen molar-refractivity contribution < 1.29 is 0 Å². The Hall–Kier alpha value is -1.02. The minimum Gasteiger partial charge on any atom is -0.383 e. The molecule has 0 spiro atoms. The first-order chi connectivity index (χ1) is 7.45. The molecule has 2 nitrogen and oxygen atoms in total. The zero-order valence-corrected chi connectivity index (χ0v) is 9.08. The Labute approximate surface area is 91.3 Å². The van der Waals surface area contributed by atoms with Gasteiger partial charge in [0.2, 0.25) is 0 Å². The fourth-order valence-corrected chi connectivity index (χ4v) is 2.82. The largest absolute Gasteiger partial charge is 0.383 e. The average molecular weight is 202 g/mol. The van der Waals surface area contributed by atoms with Gasteiger partial charge in [0.15, 0.2) is 0 Å². The van der Waals surface area contributed by atoms with Crippen molar-refractivity contribution >= 4 is 5.69 Å². The van der Waals surface area contributed by atoms with Gasteiger partial charge in [0, 0.05) is 12.2 Å². The van der Waals surface area contributed by atoms with Crippen molar-refractivity contribution in [3.05, 3.63) is 29.8 Å². The molecule has 0 aromatic heterocycles. The highest BCUT2D eigenvalue weighted by Crippen LogP contribution is 2.34. The van der Waals surface area contributed by atoms with E-state index < -0.39 is 0 Å². The topological polar surface area (TPSA) is 15.3 Å². The summed E-state index contributed by atoms with van der Waals surface area (Å²) in [6, 6.07) is 9.36. The molecular weight excluding hydrogens is 184 g/mol. The van der Waals surface area contributed by atoms with Crippen LogP contribution in [0.1, 0.15) is 30.9 Å². The quantitative estimate of drug-likeness (QED) is 0.753. The highest BCUT2D eigenvalue weighted by atomic mass is 15.2. The lowest BCUT2D eigenvalue weighted by Crippen LogP contribution is -2.34. The van der Waals surface area contributed by atoms with Crippen LogP contribution < -0.4 is 5.32 Å². The lowest BCUT2D eigenvalue weighted by Gasteiger charge is -2.32. The Kier molecular flexibility index (Phi) is 2.37. The molecule has 15 heavy (non-hydrogen) atoms.